The Balaban J connectivity index is 1.67. The first kappa shape index (κ1) is 9.46. The van der Waals surface area contributed by atoms with Crippen LogP contribution in [-0.2, 0) is 4.74 Å². The zero-order valence-electron chi connectivity index (χ0n) is 8.19. The van der Waals surface area contributed by atoms with Gasteiger partial charge >= 0.3 is 0 Å². The molecule has 1 unspecified atom stereocenters. The standard InChI is InChI=1S/C11H15NO2/c1-3-11(9-12-6-1)14-8-5-10-4-2-7-13-10/h1,3,6,9-10H,2,4-5,7-8H2. The van der Waals surface area contributed by atoms with Gasteiger partial charge in [0.2, 0.25) is 0 Å². The highest BCUT2D eigenvalue weighted by atomic mass is 16.5. The molecule has 3 nitrogen and oxygen atoms in total. The third kappa shape index (κ3) is 2.70. The second-order valence-corrected chi connectivity index (χ2v) is 3.46. The molecule has 0 aromatic carbocycles. The van der Waals surface area contributed by atoms with Crippen LogP contribution in [0.1, 0.15) is 19.3 Å². The van der Waals surface area contributed by atoms with Crippen LogP contribution in [0.3, 0.4) is 0 Å². The number of pyridine rings is 1. The lowest BCUT2D eigenvalue weighted by atomic mass is 10.2. The van der Waals surface area contributed by atoms with E-state index in [1.807, 2.05) is 12.1 Å². The first-order valence-corrected chi connectivity index (χ1v) is 5.09. The number of hydrogen-bond acceptors (Lipinski definition) is 3. The Hall–Kier alpha value is -1.09. The SMILES string of the molecule is c1cncc(OCCC2CCCO2)c1. The van der Waals surface area contributed by atoms with Crippen molar-refractivity contribution in [2.45, 2.75) is 25.4 Å². The molecule has 1 aliphatic heterocycles. The van der Waals surface area contributed by atoms with Crippen LogP contribution in [0.25, 0.3) is 0 Å². The zero-order chi connectivity index (χ0) is 9.64. The van der Waals surface area contributed by atoms with Gasteiger partial charge in [-0.15, -0.1) is 0 Å². The summed E-state index contributed by atoms with van der Waals surface area (Å²) in [6, 6.07) is 3.80. The third-order valence-corrected chi connectivity index (χ3v) is 2.37. The van der Waals surface area contributed by atoms with Crippen LogP contribution in [-0.4, -0.2) is 24.3 Å². The molecule has 1 aliphatic rings. The van der Waals surface area contributed by atoms with Gasteiger partial charge in [0.05, 0.1) is 18.9 Å². The molecule has 1 saturated heterocycles. The maximum absolute atomic E-state index is 5.53. The molecule has 0 radical (unpaired) electrons. The lowest BCUT2D eigenvalue weighted by Crippen LogP contribution is -2.10. The van der Waals surface area contributed by atoms with Crippen LogP contribution in [0.4, 0.5) is 0 Å². The van der Waals surface area contributed by atoms with E-state index in [4.69, 9.17) is 9.47 Å². The third-order valence-electron chi connectivity index (χ3n) is 2.37. The molecule has 2 heterocycles. The highest BCUT2D eigenvalue weighted by Gasteiger charge is 2.14. The summed E-state index contributed by atoms with van der Waals surface area (Å²) in [6.07, 6.45) is 7.23. The minimum absolute atomic E-state index is 0.409. The molecule has 0 aliphatic carbocycles. The summed E-state index contributed by atoms with van der Waals surface area (Å²) in [5, 5.41) is 0. The molecule has 1 atom stereocenters. The van der Waals surface area contributed by atoms with Gasteiger partial charge in [-0.3, -0.25) is 4.98 Å². The second kappa shape index (κ2) is 4.96. The first-order chi connectivity index (χ1) is 6.95. The van der Waals surface area contributed by atoms with E-state index in [9.17, 15) is 0 Å². The molecule has 0 saturated carbocycles. The Kier molecular flexibility index (Phi) is 3.35. The monoisotopic (exact) mass is 193 g/mol. The minimum atomic E-state index is 0.409. The van der Waals surface area contributed by atoms with Gasteiger partial charge in [-0.1, -0.05) is 0 Å². The van der Waals surface area contributed by atoms with Crippen molar-refractivity contribution in [2.75, 3.05) is 13.2 Å². The molecule has 14 heavy (non-hydrogen) atoms. The second-order valence-electron chi connectivity index (χ2n) is 3.46. The molecule has 3 heteroatoms. The van der Waals surface area contributed by atoms with Crippen molar-refractivity contribution < 1.29 is 9.47 Å². The van der Waals surface area contributed by atoms with Crippen LogP contribution in [0.2, 0.25) is 0 Å². The molecule has 0 spiro atoms. The van der Waals surface area contributed by atoms with Crippen LogP contribution < -0.4 is 4.74 Å². The van der Waals surface area contributed by atoms with E-state index in [2.05, 4.69) is 4.98 Å². The summed E-state index contributed by atoms with van der Waals surface area (Å²) in [4.78, 5) is 3.98. The number of nitrogens with zero attached hydrogens (tertiary/aromatic N) is 1. The number of rotatable bonds is 4. The summed E-state index contributed by atoms with van der Waals surface area (Å²) < 4.78 is 11.0. The first-order valence-electron chi connectivity index (χ1n) is 5.09. The molecular weight excluding hydrogens is 178 g/mol. The minimum Gasteiger partial charge on any atom is -0.492 e. The van der Waals surface area contributed by atoms with Gasteiger partial charge in [-0.25, -0.2) is 0 Å². The number of aromatic nitrogens is 1. The fourth-order valence-corrected chi connectivity index (χ4v) is 1.61. The van der Waals surface area contributed by atoms with Crippen molar-refractivity contribution in [1.82, 2.24) is 4.98 Å². The van der Waals surface area contributed by atoms with E-state index in [1.165, 1.54) is 12.8 Å². The molecule has 0 amide bonds. The van der Waals surface area contributed by atoms with Gasteiger partial charge in [0.25, 0.3) is 0 Å². The average molecular weight is 193 g/mol. The molecule has 76 valence electrons. The van der Waals surface area contributed by atoms with E-state index >= 15 is 0 Å². The van der Waals surface area contributed by atoms with Crippen molar-refractivity contribution in [2.24, 2.45) is 0 Å². The maximum Gasteiger partial charge on any atom is 0.137 e. The molecule has 1 aromatic heterocycles. The van der Waals surface area contributed by atoms with Gasteiger partial charge < -0.3 is 9.47 Å². The largest absolute Gasteiger partial charge is 0.492 e. The highest BCUT2D eigenvalue weighted by molar-refractivity contribution is 5.15. The molecule has 2 rings (SSSR count). The summed E-state index contributed by atoms with van der Waals surface area (Å²) in [5.41, 5.74) is 0. The van der Waals surface area contributed by atoms with E-state index in [0.29, 0.717) is 6.10 Å². The predicted octanol–water partition coefficient (Wildman–Crippen LogP) is 2.03. The maximum atomic E-state index is 5.53. The smallest absolute Gasteiger partial charge is 0.137 e. The van der Waals surface area contributed by atoms with Gasteiger partial charge in [0, 0.05) is 19.2 Å². The van der Waals surface area contributed by atoms with Crippen molar-refractivity contribution in [3.63, 3.8) is 0 Å². The quantitative estimate of drug-likeness (QED) is 0.733. The molecule has 1 fully saturated rings. The summed E-state index contributed by atoms with van der Waals surface area (Å²) in [6.45, 7) is 1.63. The lowest BCUT2D eigenvalue weighted by Gasteiger charge is -2.09. The Bertz CT molecular complexity index is 257. The van der Waals surface area contributed by atoms with Crippen molar-refractivity contribution >= 4 is 0 Å². The fourth-order valence-electron chi connectivity index (χ4n) is 1.61. The Morgan fingerprint density at radius 2 is 2.57 bits per heavy atom. The van der Waals surface area contributed by atoms with Gasteiger partial charge in [-0.05, 0) is 25.0 Å². The summed E-state index contributed by atoms with van der Waals surface area (Å²) in [5.74, 6) is 0.838. The van der Waals surface area contributed by atoms with E-state index in [-0.39, 0.29) is 0 Å². The van der Waals surface area contributed by atoms with Gasteiger partial charge in [-0.2, -0.15) is 0 Å². The number of ether oxygens (including phenoxy) is 2. The highest BCUT2D eigenvalue weighted by Crippen LogP contribution is 2.16. The Labute approximate surface area is 84.1 Å². The normalized spacial score (nSPS) is 21.0. The van der Waals surface area contributed by atoms with Gasteiger partial charge in [0.15, 0.2) is 0 Å². The summed E-state index contributed by atoms with van der Waals surface area (Å²) >= 11 is 0. The number of hydrogen-bond donors (Lipinski definition) is 0. The lowest BCUT2D eigenvalue weighted by molar-refractivity contribution is 0.0903. The van der Waals surface area contributed by atoms with Crippen molar-refractivity contribution in [3.05, 3.63) is 24.5 Å². The Morgan fingerprint density at radius 3 is 3.29 bits per heavy atom. The van der Waals surface area contributed by atoms with Crippen LogP contribution in [0.15, 0.2) is 24.5 Å². The molecule has 1 aromatic rings. The molecule has 0 N–H and O–H groups in total. The molecular formula is C11H15NO2. The van der Waals surface area contributed by atoms with E-state index < -0.39 is 0 Å². The zero-order valence-corrected chi connectivity index (χ0v) is 8.19. The van der Waals surface area contributed by atoms with Crippen molar-refractivity contribution in [1.29, 1.82) is 0 Å². The Morgan fingerprint density at radius 1 is 1.57 bits per heavy atom. The predicted molar refractivity (Wildman–Crippen MR) is 53.3 cm³/mol. The van der Waals surface area contributed by atoms with Crippen molar-refractivity contribution in [3.8, 4) is 5.75 Å². The van der Waals surface area contributed by atoms with E-state index in [0.717, 1.165) is 25.4 Å². The fraction of sp³-hybridized carbons (Fsp3) is 0.545. The molecule has 0 bridgehead atoms. The van der Waals surface area contributed by atoms with Gasteiger partial charge in [0.1, 0.15) is 5.75 Å². The van der Waals surface area contributed by atoms with Crippen LogP contribution >= 0.6 is 0 Å². The average Bonchev–Trinajstić information content (AvgIpc) is 2.72. The summed E-state index contributed by atoms with van der Waals surface area (Å²) in [7, 11) is 0. The topological polar surface area (TPSA) is 31.4 Å². The van der Waals surface area contributed by atoms with Crippen LogP contribution in [0, 0.1) is 0 Å². The van der Waals surface area contributed by atoms with Crippen LogP contribution in [0.5, 0.6) is 5.75 Å². The van der Waals surface area contributed by atoms with E-state index in [1.54, 1.807) is 12.4 Å².